The Morgan fingerprint density at radius 2 is 2.00 bits per heavy atom. The number of halogens is 2. The van der Waals surface area contributed by atoms with Crippen LogP contribution in [0.15, 0.2) is 18.2 Å². The molecule has 0 amide bonds. The number of carboxylic acid groups (broad SMARTS) is 1. The van der Waals surface area contributed by atoms with Crippen molar-refractivity contribution >= 4 is 29.2 Å². The first-order chi connectivity index (χ1) is 8.88. The number of benzene rings is 1. The van der Waals surface area contributed by atoms with E-state index in [1.165, 1.54) is 0 Å². The van der Waals surface area contributed by atoms with Gasteiger partial charge in [-0.3, -0.25) is 9.69 Å². The standard InChI is InChI=1S/C14H19Cl2NO2/c1-4-17(9(2)8-13(18)19)10(3)11-6-5-7-12(15)14(11)16/h5-7,9-10H,4,8H2,1-3H3,(H,18,19). The number of hydrogen-bond acceptors (Lipinski definition) is 2. The molecule has 106 valence electrons. The number of carboxylic acids is 1. The van der Waals surface area contributed by atoms with Crippen LogP contribution >= 0.6 is 23.2 Å². The van der Waals surface area contributed by atoms with Crippen molar-refractivity contribution in [3.05, 3.63) is 33.8 Å². The van der Waals surface area contributed by atoms with Crippen LogP contribution in [0.4, 0.5) is 0 Å². The van der Waals surface area contributed by atoms with Crippen molar-refractivity contribution in [1.82, 2.24) is 4.90 Å². The monoisotopic (exact) mass is 303 g/mol. The number of nitrogens with zero attached hydrogens (tertiary/aromatic N) is 1. The van der Waals surface area contributed by atoms with Crippen molar-refractivity contribution in [2.24, 2.45) is 0 Å². The van der Waals surface area contributed by atoms with E-state index in [1.807, 2.05) is 32.9 Å². The molecular weight excluding hydrogens is 285 g/mol. The molecule has 1 aromatic rings. The second-order valence-electron chi connectivity index (χ2n) is 4.60. The highest BCUT2D eigenvalue weighted by molar-refractivity contribution is 6.42. The van der Waals surface area contributed by atoms with E-state index in [2.05, 4.69) is 4.90 Å². The fourth-order valence-electron chi connectivity index (χ4n) is 2.36. The summed E-state index contributed by atoms with van der Waals surface area (Å²) in [5.74, 6) is -0.796. The second kappa shape index (κ2) is 7.13. The molecule has 2 atom stereocenters. The summed E-state index contributed by atoms with van der Waals surface area (Å²) in [6.07, 6.45) is 0.108. The highest BCUT2D eigenvalue weighted by Crippen LogP contribution is 2.33. The zero-order chi connectivity index (χ0) is 14.6. The molecule has 0 aliphatic carbocycles. The topological polar surface area (TPSA) is 40.5 Å². The van der Waals surface area contributed by atoms with Crippen LogP contribution in [0.3, 0.4) is 0 Å². The Morgan fingerprint density at radius 1 is 1.37 bits per heavy atom. The first kappa shape index (κ1) is 16.3. The molecule has 0 fully saturated rings. The van der Waals surface area contributed by atoms with Crippen molar-refractivity contribution in [2.75, 3.05) is 6.54 Å². The third-order valence-corrected chi connectivity index (χ3v) is 4.16. The predicted octanol–water partition coefficient (Wildman–Crippen LogP) is 4.24. The third kappa shape index (κ3) is 4.10. The molecule has 0 aromatic heterocycles. The van der Waals surface area contributed by atoms with Gasteiger partial charge in [0.15, 0.2) is 0 Å². The summed E-state index contributed by atoms with van der Waals surface area (Å²) in [7, 11) is 0. The molecule has 0 heterocycles. The lowest BCUT2D eigenvalue weighted by Gasteiger charge is -2.33. The molecular formula is C14H19Cl2NO2. The molecule has 19 heavy (non-hydrogen) atoms. The number of aliphatic carboxylic acids is 1. The lowest BCUT2D eigenvalue weighted by molar-refractivity contribution is -0.138. The normalized spacial score (nSPS) is 14.4. The van der Waals surface area contributed by atoms with Gasteiger partial charge < -0.3 is 5.11 Å². The number of hydrogen-bond donors (Lipinski definition) is 1. The Hall–Kier alpha value is -0.770. The highest BCUT2D eigenvalue weighted by atomic mass is 35.5. The van der Waals surface area contributed by atoms with Gasteiger partial charge in [-0.2, -0.15) is 0 Å². The molecule has 0 aliphatic rings. The van der Waals surface area contributed by atoms with Gasteiger partial charge in [0.05, 0.1) is 16.5 Å². The fraction of sp³-hybridized carbons (Fsp3) is 0.500. The molecule has 1 aromatic carbocycles. The molecule has 3 nitrogen and oxygen atoms in total. The quantitative estimate of drug-likeness (QED) is 0.854. The maximum Gasteiger partial charge on any atom is 0.304 e. The van der Waals surface area contributed by atoms with Crippen LogP contribution in [-0.4, -0.2) is 28.6 Å². The van der Waals surface area contributed by atoms with Gasteiger partial charge in [0.1, 0.15) is 0 Å². The average Bonchev–Trinajstić information content (AvgIpc) is 2.32. The van der Waals surface area contributed by atoms with Gasteiger partial charge in [-0.25, -0.2) is 0 Å². The minimum Gasteiger partial charge on any atom is -0.481 e. The zero-order valence-corrected chi connectivity index (χ0v) is 12.9. The largest absolute Gasteiger partial charge is 0.481 e. The van der Waals surface area contributed by atoms with Gasteiger partial charge in [0, 0.05) is 12.1 Å². The highest BCUT2D eigenvalue weighted by Gasteiger charge is 2.23. The van der Waals surface area contributed by atoms with Crippen molar-refractivity contribution in [3.63, 3.8) is 0 Å². The maximum absolute atomic E-state index is 10.8. The smallest absolute Gasteiger partial charge is 0.304 e. The van der Waals surface area contributed by atoms with E-state index < -0.39 is 5.97 Å². The van der Waals surface area contributed by atoms with E-state index in [0.717, 1.165) is 12.1 Å². The summed E-state index contributed by atoms with van der Waals surface area (Å²) in [5.41, 5.74) is 0.924. The maximum atomic E-state index is 10.8. The number of rotatable bonds is 6. The summed E-state index contributed by atoms with van der Waals surface area (Å²) in [6, 6.07) is 5.49. The fourth-order valence-corrected chi connectivity index (χ4v) is 2.82. The number of carbonyl (C=O) groups is 1. The molecule has 5 heteroatoms. The molecule has 0 saturated carbocycles. The van der Waals surface area contributed by atoms with Gasteiger partial charge in [0.2, 0.25) is 0 Å². The van der Waals surface area contributed by atoms with Crippen LogP contribution < -0.4 is 0 Å². The minimum atomic E-state index is -0.796. The Balaban J connectivity index is 2.98. The van der Waals surface area contributed by atoms with E-state index in [-0.39, 0.29) is 18.5 Å². The van der Waals surface area contributed by atoms with Crippen LogP contribution in [0.2, 0.25) is 10.0 Å². The molecule has 0 bridgehead atoms. The Kier molecular flexibility index (Phi) is 6.11. The van der Waals surface area contributed by atoms with E-state index >= 15 is 0 Å². The molecule has 1 N–H and O–H groups in total. The Labute approximate surface area is 124 Å². The second-order valence-corrected chi connectivity index (χ2v) is 5.38. The van der Waals surface area contributed by atoms with Crippen LogP contribution in [0.25, 0.3) is 0 Å². The average molecular weight is 304 g/mol. The van der Waals surface area contributed by atoms with Crippen molar-refractivity contribution in [3.8, 4) is 0 Å². The third-order valence-electron chi connectivity index (χ3n) is 3.33. The van der Waals surface area contributed by atoms with E-state index in [0.29, 0.717) is 10.0 Å². The van der Waals surface area contributed by atoms with Gasteiger partial charge in [-0.15, -0.1) is 0 Å². The molecule has 0 saturated heterocycles. The summed E-state index contributed by atoms with van der Waals surface area (Å²) < 4.78 is 0. The first-order valence-corrected chi connectivity index (χ1v) is 7.05. The van der Waals surface area contributed by atoms with Gasteiger partial charge in [-0.1, -0.05) is 42.3 Å². The van der Waals surface area contributed by atoms with Crippen LogP contribution in [-0.2, 0) is 4.79 Å². The predicted molar refractivity (Wildman–Crippen MR) is 79.0 cm³/mol. The lowest BCUT2D eigenvalue weighted by atomic mass is 10.0. The van der Waals surface area contributed by atoms with E-state index in [4.69, 9.17) is 28.3 Å². The molecule has 0 aliphatic heterocycles. The summed E-state index contributed by atoms with van der Waals surface area (Å²) >= 11 is 12.2. The van der Waals surface area contributed by atoms with E-state index in [9.17, 15) is 4.79 Å². The van der Waals surface area contributed by atoms with Gasteiger partial charge >= 0.3 is 5.97 Å². The first-order valence-electron chi connectivity index (χ1n) is 6.29. The molecule has 0 spiro atoms. The van der Waals surface area contributed by atoms with Gasteiger partial charge in [0.25, 0.3) is 0 Å². The lowest BCUT2D eigenvalue weighted by Crippen LogP contribution is -2.36. The van der Waals surface area contributed by atoms with Crippen LogP contribution in [0.1, 0.15) is 38.8 Å². The SMILES string of the molecule is CCN(C(C)CC(=O)O)C(C)c1cccc(Cl)c1Cl. The molecule has 0 radical (unpaired) electrons. The summed E-state index contributed by atoms with van der Waals surface area (Å²) in [6.45, 7) is 6.68. The van der Waals surface area contributed by atoms with Crippen LogP contribution in [0.5, 0.6) is 0 Å². The molecule has 1 rings (SSSR count). The van der Waals surface area contributed by atoms with Gasteiger partial charge in [-0.05, 0) is 32.0 Å². The summed E-state index contributed by atoms with van der Waals surface area (Å²) in [5, 5.41) is 9.97. The van der Waals surface area contributed by atoms with Crippen molar-refractivity contribution < 1.29 is 9.90 Å². The zero-order valence-electron chi connectivity index (χ0n) is 11.4. The van der Waals surface area contributed by atoms with Crippen LogP contribution in [0, 0.1) is 0 Å². The van der Waals surface area contributed by atoms with Crippen molar-refractivity contribution in [2.45, 2.75) is 39.3 Å². The molecule has 2 unspecified atom stereocenters. The minimum absolute atomic E-state index is 0.0190. The summed E-state index contributed by atoms with van der Waals surface area (Å²) in [4.78, 5) is 12.9. The van der Waals surface area contributed by atoms with E-state index in [1.54, 1.807) is 6.07 Å². The van der Waals surface area contributed by atoms with Crippen molar-refractivity contribution in [1.29, 1.82) is 0 Å². The Morgan fingerprint density at radius 3 is 2.53 bits per heavy atom. The Bertz CT molecular complexity index is 451.